The first-order chi connectivity index (χ1) is 11.7. The zero-order valence-electron chi connectivity index (χ0n) is 17.3. The average molecular weight is 383 g/mol. The van der Waals surface area contributed by atoms with E-state index < -0.39 is 32.0 Å². The van der Waals surface area contributed by atoms with E-state index in [9.17, 15) is 19.5 Å². The van der Waals surface area contributed by atoms with Gasteiger partial charge in [-0.25, -0.2) is 4.79 Å². The Bertz CT molecular complexity index is 583. The van der Waals surface area contributed by atoms with Crippen LogP contribution in [-0.4, -0.2) is 43.0 Å². The average Bonchev–Trinajstić information content (AvgIpc) is 2.42. The monoisotopic (exact) mass is 382 g/mol. The predicted octanol–water partition coefficient (Wildman–Crippen LogP) is 2.55. The lowest BCUT2D eigenvalue weighted by molar-refractivity contribution is -0.142. The van der Waals surface area contributed by atoms with E-state index in [0.717, 1.165) is 0 Å². The largest absolute Gasteiger partial charge is 0.480 e. The molecule has 0 radical (unpaired) electrons. The maximum Gasteiger partial charge on any atom is 0.327 e. The third-order valence-corrected chi connectivity index (χ3v) is 9.15. The first kappa shape index (κ1) is 24.2. The number of amides is 2. The zero-order valence-corrected chi connectivity index (χ0v) is 18.3. The van der Waals surface area contributed by atoms with Crippen LogP contribution in [0.15, 0.2) is 0 Å². The summed E-state index contributed by atoms with van der Waals surface area (Å²) in [6.07, 6.45) is 0.482. The molecule has 7 heteroatoms. The summed E-state index contributed by atoms with van der Waals surface area (Å²) in [5.74, 6) is 1.20. The third-order valence-electron chi connectivity index (χ3n) is 4.60. The normalized spacial score (nSPS) is 14.0. The molecule has 0 saturated carbocycles. The van der Waals surface area contributed by atoms with Gasteiger partial charge in [0.2, 0.25) is 11.8 Å². The lowest BCUT2D eigenvalue weighted by Crippen LogP contribution is -2.51. The molecule has 0 aromatic rings. The molecule has 0 rings (SSSR count). The minimum atomic E-state index is -1.84. The molecule has 0 fully saturated rings. The molecule has 0 bridgehead atoms. The van der Waals surface area contributed by atoms with Crippen molar-refractivity contribution in [2.75, 3.05) is 0 Å². The van der Waals surface area contributed by atoms with Crippen molar-refractivity contribution in [1.29, 1.82) is 0 Å². The van der Waals surface area contributed by atoms with Gasteiger partial charge in [0.1, 0.15) is 20.2 Å². The summed E-state index contributed by atoms with van der Waals surface area (Å²) < 4.78 is 0. The summed E-state index contributed by atoms with van der Waals surface area (Å²) in [4.78, 5) is 35.2. The summed E-state index contributed by atoms with van der Waals surface area (Å²) in [6.45, 7) is 15.9. The van der Waals surface area contributed by atoms with E-state index in [1.54, 1.807) is 0 Å². The Morgan fingerprint density at radius 3 is 2.00 bits per heavy atom. The maximum absolute atomic E-state index is 12.4. The van der Waals surface area contributed by atoms with Gasteiger partial charge in [-0.05, 0) is 17.4 Å². The van der Waals surface area contributed by atoms with Crippen LogP contribution in [0.5, 0.6) is 0 Å². The number of aliphatic carboxylic acids is 1. The highest BCUT2D eigenvalue weighted by atomic mass is 28.3. The van der Waals surface area contributed by atoms with E-state index >= 15 is 0 Å². The minimum absolute atomic E-state index is 0.0437. The number of hydrogen-bond acceptors (Lipinski definition) is 3. The predicted molar refractivity (Wildman–Crippen MR) is 106 cm³/mol. The van der Waals surface area contributed by atoms with Gasteiger partial charge in [-0.15, -0.1) is 11.5 Å². The second-order valence-electron chi connectivity index (χ2n) is 8.66. The molecule has 0 spiro atoms. The van der Waals surface area contributed by atoms with Crippen molar-refractivity contribution in [3.8, 4) is 11.5 Å². The zero-order chi connectivity index (χ0) is 20.7. The summed E-state index contributed by atoms with van der Waals surface area (Å²) in [7, 11) is -1.84. The standard InChI is InChI=1S/C19H34N2O4Si/c1-13(2)12-16(20-14(3)22)17(23)21-15(18(24)25)10-9-11-26(7,8)19(4,5)6/h13,15-16H,10,12H2,1-8H3,(H,20,22)(H,21,23)(H,24,25)/t15-,16-/m0/s1. The number of carbonyl (C=O) groups is 3. The summed E-state index contributed by atoms with van der Waals surface area (Å²) in [5.41, 5.74) is 3.26. The molecular weight excluding hydrogens is 348 g/mol. The lowest BCUT2D eigenvalue weighted by Gasteiger charge is -2.31. The van der Waals surface area contributed by atoms with Gasteiger partial charge in [0.25, 0.3) is 0 Å². The molecule has 0 aliphatic carbocycles. The molecule has 0 heterocycles. The maximum atomic E-state index is 12.4. The van der Waals surface area contributed by atoms with E-state index in [-0.39, 0.29) is 23.3 Å². The molecule has 0 unspecified atom stereocenters. The Balaban J connectivity index is 5.15. The number of hydrogen-bond donors (Lipinski definition) is 3. The number of carboxylic acid groups (broad SMARTS) is 1. The molecule has 0 saturated heterocycles. The summed E-state index contributed by atoms with van der Waals surface area (Å²) >= 11 is 0. The van der Waals surface area contributed by atoms with Crippen LogP contribution in [0.1, 0.15) is 54.4 Å². The third kappa shape index (κ3) is 8.52. The van der Waals surface area contributed by atoms with Gasteiger partial charge < -0.3 is 15.7 Å². The van der Waals surface area contributed by atoms with Gasteiger partial charge in [0, 0.05) is 13.3 Å². The van der Waals surface area contributed by atoms with Crippen LogP contribution < -0.4 is 10.6 Å². The lowest BCUT2D eigenvalue weighted by atomic mass is 10.0. The van der Waals surface area contributed by atoms with Crippen LogP contribution in [-0.2, 0) is 14.4 Å². The smallest absolute Gasteiger partial charge is 0.327 e. The summed E-state index contributed by atoms with van der Waals surface area (Å²) in [6, 6.07) is -1.84. The van der Waals surface area contributed by atoms with Gasteiger partial charge in [-0.1, -0.05) is 47.7 Å². The summed E-state index contributed by atoms with van der Waals surface area (Å²) in [5, 5.41) is 14.6. The van der Waals surface area contributed by atoms with Gasteiger partial charge in [-0.2, -0.15) is 0 Å². The molecule has 26 heavy (non-hydrogen) atoms. The van der Waals surface area contributed by atoms with Crippen molar-refractivity contribution in [3.05, 3.63) is 0 Å². The second-order valence-corrected chi connectivity index (χ2v) is 13.7. The van der Waals surface area contributed by atoms with Crippen LogP contribution in [0.2, 0.25) is 18.1 Å². The molecular formula is C19H34N2O4Si. The van der Waals surface area contributed by atoms with Gasteiger partial charge >= 0.3 is 5.97 Å². The molecule has 2 amide bonds. The van der Waals surface area contributed by atoms with Crippen molar-refractivity contribution in [3.63, 3.8) is 0 Å². The SMILES string of the molecule is CC(=O)N[C@@H](CC(C)C)C(=O)N[C@@H](CC#C[Si](C)(C)C(C)(C)C)C(=O)O. The highest BCUT2D eigenvalue weighted by Crippen LogP contribution is 2.35. The van der Waals surface area contributed by atoms with E-state index in [4.69, 9.17) is 0 Å². The van der Waals surface area contributed by atoms with Gasteiger partial charge in [0.05, 0.1) is 0 Å². The van der Waals surface area contributed by atoms with Gasteiger partial charge in [0.15, 0.2) is 0 Å². The first-order valence-electron chi connectivity index (χ1n) is 8.97. The van der Waals surface area contributed by atoms with Crippen LogP contribution in [0.25, 0.3) is 0 Å². The number of rotatable bonds is 7. The van der Waals surface area contributed by atoms with Crippen molar-refractivity contribution in [2.24, 2.45) is 5.92 Å². The van der Waals surface area contributed by atoms with Crippen molar-refractivity contribution >= 4 is 25.9 Å². The fraction of sp³-hybridized carbons (Fsp3) is 0.737. The number of carbonyl (C=O) groups excluding carboxylic acids is 2. The Labute approximate surface area is 158 Å². The molecule has 0 aromatic carbocycles. The topological polar surface area (TPSA) is 95.5 Å². The van der Waals surface area contributed by atoms with Crippen LogP contribution in [0, 0.1) is 17.4 Å². The Morgan fingerprint density at radius 2 is 1.62 bits per heavy atom. The number of carboxylic acids is 1. The van der Waals surface area contributed by atoms with Crippen LogP contribution in [0.3, 0.4) is 0 Å². The van der Waals surface area contributed by atoms with E-state index in [1.165, 1.54) is 6.92 Å². The molecule has 0 aromatic heterocycles. The Hall–Kier alpha value is -1.81. The van der Waals surface area contributed by atoms with Crippen LogP contribution >= 0.6 is 0 Å². The first-order valence-corrected chi connectivity index (χ1v) is 12.0. The fourth-order valence-corrected chi connectivity index (χ4v) is 2.90. The fourth-order valence-electron chi connectivity index (χ4n) is 1.98. The Morgan fingerprint density at radius 1 is 1.08 bits per heavy atom. The van der Waals surface area contributed by atoms with E-state index in [0.29, 0.717) is 6.42 Å². The quantitative estimate of drug-likeness (QED) is 0.466. The van der Waals surface area contributed by atoms with Crippen molar-refractivity contribution in [1.82, 2.24) is 10.6 Å². The molecule has 2 atom stereocenters. The van der Waals surface area contributed by atoms with Crippen molar-refractivity contribution in [2.45, 2.75) is 84.6 Å². The number of nitrogens with one attached hydrogen (secondary N) is 2. The van der Waals surface area contributed by atoms with Gasteiger partial charge in [-0.3, -0.25) is 9.59 Å². The molecule has 3 N–H and O–H groups in total. The molecule has 148 valence electrons. The van der Waals surface area contributed by atoms with E-state index in [1.807, 2.05) is 13.8 Å². The molecule has 6 nitrogen and oxygen atoms in total. The second kappa shape index (κ2) is 9.77. The highest BCUT2D eigenvalue weighted by Gasteiger charge is 2.34. The molecule has 0 aliphatic rings. The van der Waals surface area contributed by atoms with E-state index in [2.05, 4.69) is 56.0 Å². The van der Waals surface area contributed by atoms with Crippen LogP contribution in [0.4, 0.5) is 0 Å². The minimum Gasteiger partial charge on any atom is -0.480 e. The highest BCUT2D eigenvalue weighted by molar-refractivity contribution is 6.87. The van der Waals surface area contributed by atoms with Crippen molar-refractivity contribution < 1.29 is 19.5 Å². The molecule has 0 aliphatic heterocycles. The Kier molecular flexibility index (Phi) is 9.08.